The van der Waals surface area contributed by atoms with Crippen LogP contribution in [0.4, 0.5) is 0 Å². The van der Waals surface area contributed by atoms with Crippen LogP contribution >= 0.6 is 0 Å². The molecule has 0 radical (unpaired) electrons. The van der Waals surface area contributed by atoms with Gasteiger partial charge in [-0.2, -0.15) is 0 Å². The fourth-order valence-electron chi connectivity index (χ4n) is 4.78. The monoisotopic (exact) mass is 294 g/mol. The van der Waals surface area contributed by atoms with Crippen molar-refractivity contribution in [2.24, 2.45) is 17.3 Å². The Labute approximate surface area is 133 Å². The molecule has 0 bridgehead atoms. The number of hydrogen-bond acceptors (Lipinski definition) is 2. The van der Waals surface area contributed by atoms with Gasteiger partial charge < -0.3 is 10.2 Å². The largest absolute Gasteiger partial charge is 0.313 e. The van der Waals surface area contributed by atoms with Crippen LogP contribution < -0.4 is 5.32 Å². The average Bonchev–Trinajstić information content (AvgIpc) is 2.71. The molecule has 124 valence electrons. The van der Waals surface area contributed by atoms with Gasteiger partial charge in [-0.05, 0) is 62.9 Å². The zero-order valence-electron chi connectivity index (χ0n) is 15.1. The Morgan fingerprint density at radius 3 is 2.62 bits per heavy atom. The molecule has 2 rings (SSSR count). The maximum absolute atomic E-state index is 3.86. The third kappa shape index (κ3) is 4.45. The van der Waals surface area contributed by atoms with Gasteiger partial charge in [0, 0.05) is 18.6 Å². The van der Waals surface area contributed by atoms with Gasteiger partial charge in [0.1, 0.15) is 0 Å². The molecular weight excluding hydrogens is 256 g/mol. The van der Waals surface area contributed by atoms with Gasteiger partial charge in [-0.1, -0.05) is 40.5 Å². The van der Waals surface area contributed by atoms with E-state index in [0.717, 1.165) is 17.9 Å². The summed E-state index contributed by atoms with van der Waals surface area (Å²) in [5.74, 6) is 1.77. The van der Waals surface area contributed by atoms with Gasteiger partial charge in [0.15, 0.2) is 0 Å². The molecule has 21 heavy (non-hydrogen) atoms. The molecule has 2 saturated carbocycles. The molecule has 1 N–H and O–H groups in total. The number of nitrogens with zero attached hydrogens (tertiary/aromatic N) is 1. The normalized spacial score (nSPS) is 36.3. The molecule has 0 aliphatic heterocycles. The van der Waals surface area contributed by atoms with Gasteiger partial charge in [-0.3, -0.25) is 0 Å². The van der Waals surface area contributed by atoms with E-state index >= 15 is 0 Å². The standard InChI is InChI=1S/C19H38N2/c1-6-12-20-18-16(10-11-19(18,3)4)14-21(5)17-9-7-8-15(2)13-17/h15-18,20H,6-14H2,1-5H3. The van der Waals surface area contributed by atoms with Crippen molar-refractivity contribution in [3.05, 3.63) is 0 Å². The summed E-state index contributed by atoms with van der Waals surface area (Å²) in [6, 6.07) is 1.55. The summed E-state index contributed by atoms with van der Waals surface area (Å²) in [7, 11) is 2.38. The van der Waals surface area contributed by atoms with E-state index in [1.54, 1.807) is 0 Å². The third-order valence-electron chi connectivity index (χ3n) is 6.14. The van der Waals surface area contributed by atoms with Gasteiger partial charge in [0.05, 0.1) is 0 Å². The predicted octanol–water partition coefficient (Wildman–Crippen LogP) is 4.30. The predicted molar refractivity (Wildman–Crippen MR) is 92.6 cm³/mol. The fraction of sp³-hybridized carbons (Fsp3) is 1.00. The van der Waals surface area contributed by atoms with E-state index in [1.807, 2.05) is 0 Å². The van der Waals surface area contributed by atoms with Crippen LogP contribution in [0, 0.1) is 17.3 Å². The highest BCUT2D eigenvalue weighted by Crippen LogP contribution is 2.42. The summed E-state index contributed by atoms with van der Waals surface area (Å²) in [5.41, 5.74) is 0.473. The van der Waals surface area contributed by atoms with E-state index in [1.165, 1.54) is 58.0 Å². The molecule has 0 saturated heterocycles. The Morgan fingerprint density at radius 1 is 1.19 bits per heavy atom. The van der Waals surface area contributed by atoms with E-state index in [-0.39, 0.29) is 0 Å². The first kappa shape index (κ1) is 17.3. The summed E-state index contributed by atoms with van der Waals surface area (Å²) < 4.78 is 0. The molecule has 0 aromatic rings. The molecule has 0 heterocycles. The third-order valence-corrected chi connectivity index (χ3v) is 6.14. The first-order valence-corrected chi connectivity index (χ1v) is 9.37. The Balaban J connectivity index is 1.90. The Bertz CT molecular complexity index is 313. The van der Waals surface area contributed by atoms with Crippen molar-refractivity contribution in [3.63, 3.8) is 0 Å². The highest BCUT2D eigenvalue weighted by Gasteiger charge is 2.42. The molecule has 4 atom stereocenters. The van der Waals surface area contributed by atoms with Crippen LogP contribution in [0.15, 0.2) is 0 Å². The lowest BCUT2D eigenvalue weighted by Gasteiger charge is -2.38. The summed E-state index contributed by atoms with van der Waals surface area (Å²) in [4.78, 5) is 2.70. The highest BCUT2D eigenvalue weighted by atomic mass is 15.1. The molecule has 0 aromatic carbocycles. The minimum absolute atomic E-state index is 0.473. The van der Waals surface area contributed by atoms with Gasteiger partial charge in [0.25, 0.3) is 0 Å². The van der Waals surface area contributed by atoms with E-state index in [0.29, 0.717) is 11.5 Å². The SMILES string of the molecule is CCCNC1C(CN(C)C2CCCC(C)C2)CCC1(C)C. The zero-order chi connectivity index (χ0) is 15.5. The fourth-order valence-corrected chi connectivity index (χ4v) is 4.78. The molecule has 2 heteroatoms. The molecule has 2 aliphatic rings. The van der Waals surface area contributed by atoms with Crippen molar-refractivity contribution in [1.29, 1.82) is 0 Å². The van der Waals surface area contributed by atoms with Crippen LogP contribution in [0.5, 0.6) is 0 Å². The number of nitrogens with one attached hydrogen (secondary N) is 1. The summed E-state index contributed by atoms with van der Waals surface area (Å²) in [5, 5.41) is 3.86. The van der Waals surface area contributed by atoms with Crippen LogP contribution in [-0.2, 0) is 0 Å². The second-order valence-corrected chi connectivity index (χ2v) is 8.58. The quantitative estimate of drug-likeness (QED) is 0.785. The summed E-state index contributed by atoms with van der Waals surface area (Å²) in [6.07, 6.45) is 9.75. The zero-order valence-corrected chi connectivity index (χ0v) is 15.1. The van der Waals surface area contributed by atoms with Crippen molar-refractivity contribution in [2.75, 3.05) is 20.1 Å². The average molecular weight is 295 g/mol. The summed E-state index contributed by atoms with van der Waals surface area (Å²) >= 11 is 0. The van der Waals surface area contributed by atoms with Crippen molar-refractivity contribution in [1.82, 2.24) is 10.2 Å². The first-order valence-electron chi connectivity index (χ1n) is 9.37. The summed E-state index contributed by atoms with van der Waals surface area (Å²) in [6.45, 7) is 12.1. The van der Waals surface area contributed by atoms with Crippen LogP contribution in [0.3, 0.4) is 0 Å². The van der Waals surface area contributed by atoms with Crippen molar-refractivity contribution in [3.8, 4) is 0 Å². The van der Waals surface area contributed by atoms with Crippen molar-refractivity contribution >= 4 is 0 Å². The van der Waals surface area contributed by atoms with Gasteiger partial charge in [-0.25, -0.2) is 0 Å². The Morgan fingerprint density at radius 2 is 1.95 bits per heavy atom. The Hall–Kier alpha value is -0.0800. The van der Waals surface area contributed by atoms with Crippen LogP contribution in [-0.4, -0.2) is 37.1 Å². The maximum atomic E-state index is 3.86. The number of rotatable bonds is 6. The van der Waals surface area contributed by atoms with E-state index < -0.39 is 0 Å². The highest BCUT2D eigenvalue weighted by molar-refractivity contribution is 4.97. The Kier molecular flexibility index (Phi) is 6.14. The second-order valence-electron chi connectivity index (χ2n) is 8.58. The lowest BCUT2D eigenvalue weighted by molar-refractivity contribution is 0.128. The van der Waals surface area contributed by atoms with E-state index in [4.69, 9.17) is 0 Å². The molecule has 0 aromatic heterocycles. The molecule has 4 unspecified atom stereocenters. The minimum Gasteiger partial charge on any atom is -0.313 e. The lowest BCUT2D eigenvalue weighted by atomic mass is 9.83. The van der Waals surface area contributed by atoms with Crippen LogP contribution in [0.2, 0.25) is 0 Å². The van der Waals surface area contributed by atoms with E-state index in [9.17, 15) is 0 Å². The molecule has 2 aliphatic carbocycles. The first-order chi connectivity index (χ1) is 9.94. The van der Waals surface area contributed by atoms with E-state index in [2.05, 4.69) is 45.0 Å². The minimum atomic E-state index is 0.473. The van der Waals surface area contributed by atoms with Gasteiger partial charge in [-0.15, -0.1) is 0 Å². The van der Waals surface area contributed by atoms with Gasteiger partial charge in [0.2, 0.25) is 0 Å². The van der Waals surface area contributed by atoms with Crippen molar-refractivity contribution < 1.29 is 0 Å². The topological polar surface area (TPSA) is 15.3 Å². The molecule has 2 nitrogen and oxygen atoms in total. The second kappa shape index (κ2) is 7.46. The van der Waals surface area contributed by atoms with Crippen LogP contribution in [0.1, 0.15) is 72.6 Å². The van der Waals surface area contributed by atoms with Crippen molar-refractivity contribution in [2.45, 2.75) is 84.7 Å². The smallest absolute Gasteiger partial charge is 0.0159 e. The van der Waals surface area contributed by atoms with Crippen LogP contribution in [0.25, 0.3) is 0 Å². The molecule has 2 fully saturated rings. The molecule has 0 amide bonds. The molecular formula is C19H38N2. The molecule has 0 spiro atoms. The maximum Gasteiger partial charge on any atom is 0.0159 e. The number of hydrogen-bond donors (Lipinski definition) is 1. The van der Waals surface area contributed by atoms with Gasteiger partial charge >= 0.3 is 0 Å². The lowest BCUT2D eigenvalue weighted by Crippen LogP contribution is -2.47.